The summed E-state index contributed by atoms with van der Waals surface area (Å²) in [6, 6.07) is 27.1. The van der Waals surface area contributed by atoms with Gasteiger partial charge in [0, 0.05) is 39.7 Å². The quantitative estimate of drug-likeness (QED) is 0.141. The standard InChI is InChI=1S/C22H17ClF3NO2S.C22H18F3NO4S2/c23-16-5-1-14(2-6-16)13-20(28)27-11-9-19-18(10-12-30-19)21(27)15-3-7-17(8-4-15)29-22(24,25)26;1-32(28,29)17-8-4-15(5-9-17)21(27)26-12-10-19-18(11-13-31-19)20(26)14-2-6-16(7-3-14)30-22(23,24)25/h1-8,10,12,21H,9,11,13H2;2-9,11,13,20H,10,12H2,1H3. The molecule has 62 heavy (non-hydrogen) atoms. The lowest BCUT2D eigenvalue weighted by Gasteiger charge is -2.36. The van der Waals surface area contributed by atoms with Crippen LogP contribution in [0.1, 0.15) is 60.0 Å². The second-order valence-electron chi connectivity index (χ2n) is 14.3. The summed E-state index contributed by atoms with van der Waals surface area (Å²) in [6.45, 7) is 0.969. The normalized spacial score (nSPS) is 16.4. The maximum atomic E-state index is 13.3. The molecule has 2 aromatic heterocycles. The molecule has 0 saturated carbocycles. The Kier molecular flexibility index (Phi) is 13.1. The third-order valence-corrected chi connectivity index (χ3v) is 13.5. The highest BCUT2D eigenvalue weighted by molar-refractivity contribution is 7.90. The first-order valence-electron chi connectivity index (χ1n) is 18.8. The summed E-state index contributed by atoms with van der Waals surface area (Å²) in [6.07, 6.45) is -6.80. The number of thiophene rings is 2. The minimum atomic E-state index is -4.78. The minimum Gasteiger partial charge on any atom is -0.406 e. The van der Waals surface area contributed by atoms with Gasteiger partial charge in [-0.3, -0.25) is 9.59 Å². The number of ether oxygens (including phenoxy) is 2. The molecule has 6 aromatic rings. The lowest BCUT2D eigenvalue weighted by Crippen LogP contribution is -2.40. The summed E-state index contributed by atoms with van der Waals surface area (Å²) < 4.78 is 106. The molecule has 8 nitrogen and oxygen atoms in total. The Hall–Kier alpha value is -5.36. The van der Waals surface area contributed by atoms with Crippen molar-refractivity contribution in [1.29, 1.82) is 0 Å². The third-order valence-electron chi connectivity index (χ3n) is 10.2. The zero-order valence-corrected chi connectivity index (χ0v) is 35.7. The number of benzene rings is 4. The van der Waals surface area contributed by atoms with Gasteiger partial charge in [0.1, 0.15) is 11.5 Å². The third kappa shape index (κ3) is 10.8. The van der Waals surface area contributed by atoms with E-state index in [1.165, 1.54) is 65.5 Å². The van der Waals surface area contributed by atoms with E-state index < -0.39 is 28.6 Å². The van der Waals surface area contributed by atoms with Crippen LogP contribution in [0, 0.1) is 0 Å². The van der Waals surface area contributed by atoms with Crippen LogP contribution in [0.25, 0.3) is 0 Å². The Balaban J connectivity index is 0.000000187. The number of halogens is 7. The first kappa shape index (κ1) is 44.7. The number of amides is 2. The highest BCUT2D eigenvalue weighted by atomic mass is 35.5. The van der Waals surface area contributed by atoms with Gasteiger partial charge >= 0.3 is 12.7 Å². The molecule has 0 bridgehead atoms. The first-order valence-corrected chi connectivity index (χ1v) is 22.8. The Morgan fingerprint density at radius 1 is 0.661 bits per heavy atom. The molecule has 18 heteroatoms. The highest BCUT2D eigenvalue weighted by Gasteiger charge is 2.36. The van der Waals surface area contributed by atoms with Crippen LogP contribution in [0.15, 0.2) is 125 Å². The Bertz CT molecular complexity index is 2630. The Morgan fingerprint density at radius 2 is 1.11 bits per heavy atom. The van der Waals surface area contributed by atoms with Crippen molar-refractivity contribution in [2.45, 2.75) is 49.0 Å². The molecule has 2 atom stereocenters. The molecular weight excluding hydrogens is 898 g/mol. The maximum Gasteiger partial charge on any atom is 0.573 e. The van der Waals surface area contributed by atoms with Gasteiger partial charge in [0.25, 0.3) is 5.91 Å². The zero-order chi connectivity index (χ0) is 44.4. The van der Waals surface area contributed by atoms with Gasteiger partial charge in [-0.1, -0.05) is 48.0 Å². The number of fused-ring (bicyclic) bond motifs is 2. The van der Waals surface area contributed by atoms with Crippen molar-refractivity contribution in [2.75, 3.05) is 19.3 Å². The average molecular weight is 933 g/mol. The average Bonchev–Trinajstić information content (AvgIpc) is 3.91. The molecule has 8 rings (SSSR count). The van der Waals surface area contributed by atoms with Crippen LogP contribution in [0.3, 0.4) is 0 Å². The predicted octanol–water partition coefficient (Wildman–Crippen LogP) is 10.9. The van der Waals surface area contributed by atoms with Crippen molar-refractivity contribution >= 4 is 55.9 Å². The number of hydrogen-bond acceptors (Lipinski definition) is 8. The van der Waals surface area contributed by atoms with Crippen molar-refractivity contribution in [3.05, 3.63) is 168 Å². The topological polar surface area (TPSA) is 93.2 Å². The van der Waals surface area contributed by atoms with E-state index in [4.69, 9.17) is 11.6 Å². The summed E-state index contributed by atoms with van der Waals surface area (Å²) in [4.78, 5) is 32.3. The molecule has 4 aromatic carbocycles. The summed E-state index contributed by atoms with van der Waals surface area (Å²) in [7, 11) is -3.39. The molecule has 0 N–H and O–H groups in total. The van der Waals surface area contributed by atoms with Crippen LogP contribution in [0.2, 0.25) is 5.02 Å². The number of sulfone groups is 1. The van der Waals surface area contributed by atoms with E-state index in [0.717, 1.165) is 39.8 Å². The second kappa shape index (κ2) is 18.2. The van der Waals surface area contributed by atoms with Gasteiger partial charge in [0.05, 0.1) is 23.4 Å². The molecular formula is C44H35ClF6N2O6S3. The molecule has 2 unspecified atom stereocenters. The monoisotopic (exact) mass is 932 g/mol. The maximum absolute atomic E-state index is 13.3. The van der Waals surface area contributed by atoms with E-state index in [-0.39, 0.29) is 40.7 Å². The molecule has 2 aliphatic rings. The van der Waals surface area contributed by atoms with Gasteiger partial charge in [-0.25, -0.2) is 8.42 Å². The van der Waals surface area contributed by atoms with E-state index in [1.807, 2.05) is 35.0 Å². The van der Waals surface area contributed by atoms with E-state index in [2.05, 4.69) is 9.47 Å². The lowest BCUT2D eigenvalue weighted by atomic mass is 9.92. The van der Waals surface area contributed by atoms with Crippen LogP contribution in [0.4, 0.5) is 26.3 Å². The predicted molar refractivity (Wildman–Crippen MR) is 223 cm³/mol. The number of hydrogen-bond donors (Lipinski definition) is 0. The van der Waals surface area contributed by atoms with Crippen LogP contribution < -0.4 is 9.47 Å². The fourth-order valence-corrected chi connectivity index (χ4v) is 10.00. The van der Waals surface area contributed by atoms with Crippen LogP contribution in [0.5, 0.6) is 11.5 Å². The Morgan fingerprint density at radius 3 is 1.56 bits per heavy atom. The van der Waals surface area contributed by atoms with Crippen molar-refractivity contribution in [2.24, 2.45) is 0 Å². The van der Waals surface area contributed by atoms with Gasteiger partial charge in [-0.05, 0) is 124 Å². The van der Waals surface area contributed by atoms with Crippen molar-refractivity contribution in [1.82, 2.24) is 9.80 Å². The molecule has 0 aliphatic carbocycles. The van der Waals surface area contributed by atoms with E-state index in [9.17, 15) is 44.3 Å². The number of rotatable bonds is 8. The largest absolute Gasteiger partial charge is 0.573 e. The minimum absolute atomic E-state index is 0.0465. The van der Waals surface area contributed by atoms with Gasteiger partial charge in [-0.2, -0.15) is 0 Å². The van der Waals surface area contributed by atoms with Crippen LogP contribution in [-0.2, 0) is 33.9 Å². The fourth-order valence-electron chi connectivity index (χ4n) is 7.43. The number of carbonyl (C=O) groups is 2. The summed E-state index contributed by atoms with van der Waals surface area (Å²) >= 11 is 9.12. The van der Waals surface area contributed by atoms with Crippen LogP contribution >= 0.6 is 34.3 Å². The van der Waals surface area contributed by atoms with Gasteiger partial charge in [-0.15, -0.1) is 49.0 Å². The number of carbonyl (C=O) groups excluding carboxylic acids is 2. The van der Waals surface area contributed by atoms with Crippen molar-refractivity contribution in [3.63, 3.8) is 0 Å². The molecule has 324 valence electrons. The fraction of sp³-hybridized carbons (Fsp3) is 0.227. The molecule has 2 aliphatic heterocycles. The molecule has 4 heterocycles. The highest BCUT2D eigenvalue weighted by Crippen LogP contribution is 2.41. The summed E-state index contributed by atoms with van der Waals surface area (Å²) in [5.41, 5.74) is 4.52. The van der Waals surface area contributed by atoms with Gasteiger partial charge < -0.3 is 19.3 Å². The first-order chi connectivity index (χ1) is 29.3. The van der Waals surface area contributed by atoms with Gasteiger partial charge in [0.15, 0.2) is 9.84 Å². The molecule has 0 radical (unpaired) electrons. The van der Waals surface area contributed by atoms with Gasteiger partial charge in [0.2, 0.25) is 5.91 Å². The van der Waals surface area contributed by atoms with E-state index in [1.54, 1.807) is 56.7 Å². The zero-order valence-electron chi connectivity index (χ0n) is 32.5. The number of nitrogens with zero attached hydrogens (tertiary/aromatic N) is 2. The smallest absolute Gasteiger partial charge is 0.406 e. The molecule has 0 saturated heterocycles. The van der Waals surface area contributed by atoms with Crippen LogP contribution in [-0.4, -0.2) is 62.1 Å². The second-order valence-corrected chi connectivity index (χ2v) is 18.8. The lowest BCUT2D eigenvalue weighted by molar-refractivity contribution is -0.275. The van der Waals surface area contributed by atoms with E-state index in [0.29, 0.717) is 35.7 Å². The number of alkyl halides is 6. The molecule has 2 amide bonds. The summed E-state index contributed by atoms with van der Waals surface area (Å²) in [5, 5.41) is 4.51. The van der Waals surface area contributed by atoms with Crippen molar-refractivity contribution < 1.29 is 53.8 Å². The van der Waals surface area contributed by atoms with E-state index >= 15 is 0 Å². The van der Waals surface area contributed by atoms with Crippen molar-refractivity contribution in [3.8, 4) is 11.5 Å². The Labute approximate surface area is 365 Å². The molecule has 0 fully saturated rings. The summed E-state index contributed by atoms with van der Waals surface area (Å²) in [5.74, 6) is -0.958. The SMILES string of the molecule is CS(=O)(=O)c1ccc(C(=O)N2CCc3sccc3C2c2ccc(OC(F)(F)F)cc2)cc1.O=C(Cc1ccc(Cl)cc1)N1CCc2sccc2C1c1ccc(OC(F)(F)F)cc1. The molecule has 0 spiro atoms.